The SMILES string of the molecule is CCN(CC)c1ncc(CNC2CCCCCC2CO)s1. The first-order chi connectivity index (χ1) is 10.3. The van der Waals surface area contributed by atoms with E-state index < -0.39 is 0 Å². The van der Waals surface area contributed by atoms with E-state index in [1.165, 1.54) is 30.6 Å². The number of aliphatic hydroxyl groups is 1. The predicted molar refractivity (Wildman–Crippen MR) is 90.0 cm³/mol. The van der Waals surface area contributed by atoms with Gasteiger partial charge in [0.15, 0.2) is 5.13 Å². The van der Waals surface area contributed by atoms with Gasteiger partial charge >= 0.3 is 0 Å². The molecule has 1 aliphatic carbocycles. The molecule has 5 heteroatoms. The summed E-state index contributed by atoms with van der Waals surface area (Å²) < 4.78 is 0. The minimum atomic E-state index is 0.311. The largest absolute Gasteiger partial charge is 0.396 e. The van der Waals surface area contributed by atoms with E-state index in [-0.39, 0.29) is 0 Å². The Balaban J connectivity index is 1.89. The van der Waals surface area contributed by atoms with Crippen molar-refractivity contribution in [3.8, 4) is 0 Å². The molecule has 21 heavy (non-hydrogen) atoms. The van der Waals surface area contributed by atoms with E-state index in [2.05, 4.69) is 29.0 Å². The summed E-state index contributed by atoms with van der Waals surface area (Å²) in [6, 6.07) is 0.455. The molecule has 0 spiro atoms. The van der Waals surface area contributed by atoms with Gasteiger partial charge in [0.05, 0.1) is 0 Å². The highest BCUT2D eigenvalue weighted by atomic mass is 32.1. The van der Waals surface area contributed by atoms with Gasteiger partial charge in [0, 0.05) is 43.4 Å². The molecule has 2 atom stereocenters. The fourth-order valence-electron chi connectivity index (χ4n) is 3.12. The van der Waals surface area contributed by atoms with Crippen LogP contribution in [0.4, 0.5) is 5.13 Å². The summed E-state index contributed by atoms with van der Waals surface area (Å²) in [7, 11) is 0. The van der Waals surface area contributed by atoms with Crippen molar-refractivity contribution in [3.05, 3.63) is 11.1 Å². The summed E-state index contributed by atoms with van der Waals surface area (Å²) in [6.07, 6.45) is 8.18. The van der Waals surface area contributed by atoms with Gasteiger partial charge < -0.3 is 15.3 Å². The Hall–Kier alpha value is -0.650. The Morgan fingerprint density at radius 3 is 2.76 bits per heavy atom. The number of hydrogen-bond acceptors (Lipinski definition) is 5. The lowest BCUT2D eigenvalue weighted by Gasteiger charge is -2.24. The quantitative estimate of drug-likeness (QED) is 0.760. The van der Waals surface area contributed by atoms with Crippen molar-refractivity contribution < 1.29 is 5.11 Å². The molecule has 1 fully saturated rings. The van der Waals surface area contributed by atoms with Gasteiger partial charge in [-0.05, 0) is 32.6 Å². The van der Waals surface area contributed by atoms with Crippen LogP contribution in [0.25, 0.3) is 0 Å². The van der Waals surface area contributed by atoms with E-state index in [1.807, 2.05) is 6.20 Å². The molecule has 2 N–H and O–H groups in total. The van der Waals surface area contributed by atoms with Crippen molar-refractivity contribution in [2.24, 2.45) is 5.92 Å². The molecule has 0 radical (unpaired) electrons. The second kappa shape index (κ2) is 8.71. The number of aliphatic hydroxyl groups excluding tert-OH is 1. The highest BCUT2D eigenvalue weighted by Gasteiger charge is 2.22. The number of nitrogens with one attached hydrogen (secondary N) is 1. The normalized spacial score (nSPS) is 23.0. The minimum Gasteiger partial charge on any atom is -0.396 e. The topological polar surface area (TPSA) is 48.4 Å². The summed E-state index contributed by atoms with van der Waals surface area (Å²) in [5.41, 5.74) is 0. The number of rotatable bonds is 7. The molecule has 0 aliphatic heterocycles. The smallest absolute Gasteiger partial charge is 0.185 e. The summed E-state index contributed by atoms with van der Waals surface area (Å²) in [6.45, 7) is 7.53. The minimum absolute atomic E-state index is 0.311. The van der Waals surface area contributed by atoms with Crippen molar-refractivity contribution in [2.45, 2.75) is 58.5 Å². The molecule has 1 saturated carbocycles. The van der Waals surface area contributed by atoms with Crippen molar-refractivity contribution in [2.75, 3.05) is 24.6 Å². The van der Waals surface area contributed by atoms with Gasteiger partial charge in [-0.25, -0.2) is 4.98 Å². The third kappa shape index (κ3) is 4.66. The fraction of sp³-hybridized carbons (Fsp3) is 0.812. The van der Waals surface area contributed by atoms with Crippen molar-refractivity contribution in [3.63, 3.8) is 0 Å². The van der Waals surface area contributed by atoms with Gasteiger partial charge in [-0.15, -0.1) is 11.3 Å². The number of nitrogens with zero attached hydrogens (tertiary/aromatic N) is 2. The standard InChI is InChI=1S/C16H29N3OS/c1-3-19(4-2)16-18-11-14(21-16)10-17-15-9-7-5-6-8-13(15)12-20/h11,13,15,17,20H,3-10,12H2,1-2H3. The monoisotopic (exact) mass is 311 g/mol. The average Bonchev–Trinajstić information content (AvgIpc) is 2.84. The van der Waals surface area contributed by atoms with Crippen LogP contribution in [0.15, 0.2) is 6.20 Å². The third-order valence-corrected chi connectivity index (χ3v) is 5.57. The maximum absolute atomic E-state index is 9.57. The van der Waals surface area contributed by atoms with Gasteiger partial charge in [-0.1, -0.05) is 19.3 Å². The highest BCUT2D eigenvalue weighted by molar-refractivity contribution is 7.15. The van der Waals surface area contributed by atoms with Crippen LogP contribution in [0.2, 0.25) is 0 Å². The van der Waals surface area contributed by atoms with E-state index >= 15 is 0 Å². The maximum Gasteiger partial charge on any atom is 0.185 e. The van der Waals surface area contributed by atoms with Gasteiger partial charge in [0.1, 0.15) is 0 Å². The molecule has 1 aliphatic rings. The fourth-order valence-corrected chi connectivity index (χ4v) is 4.11. The van der Waals surface area contributed by atoms with Crippen LogP contribution in [0.1, 0.15) is 50.8 Å². The van der Waals surface area contributed by atoms with Crippen LogP contribution in [-0.2, 0) is 6.54 Å². The number of aromatic nitrogens is 1. The molecular formula is C16H29N3OS. The molecule has 0 aromatic carbocycles. The van der Waals surface area contributed by atoms with Crippen LogP contribution in [0.3, 0.4) is 0 Å². The number of anilines is 1. The Labute approximate surface area is 132 Å². The molecule has 2 unspecified atom stereocenters. The molecule has 4 nitrogen and oxygen atoms in total. The van der Waals surface area contributed by atoms with Gasteiger partial charge in [-0.3, -0.25) is 0 Å². The molecule has 0 amide bonds. The molecule has 2 rings (SSSR count). The van der Waals surface area contributed by atoms with Gasteiger partial charge in [-0.2, -0.15) is 0 Å². The summed E-state index contributed by atoms with van der Waals surface area (Å²) in [4.78, 5) is 8.11. The van der Waals surface area contributed by atoms with Crippen LogP contribution in [0, 0.1) is 5.92 Å². The van der Waals surface area contributed by atoms with Crippen molar-refractivity contribution in [1.29, 1.82) is 0 Å². The van der Waals surface area contributed by atoms with Crippen LogP contribution >= 0.6 is 11.3 Å². The first kappa shape index (κ1) is 16.7. The highest BCUT2D eigenvalue weighted by Crippen LogP contribution is 2.25. The summed E-state index contributed by atoms with van der Waals surface area (Å²) in [5, 5.41) is 14.3. The van der Waals surface area contributed by atoms with Crippen LogP contribution < -0.4 is 10.2 Å². The summed E-state index contributed by atoms with van der Waals surface area (Å²) in [5.74, 6) is 0.419. The molecule has 1 heterocycles. The molecule has 0 saturated heterocycles. The van der Waals surface area contributed by atoms with Crippen LogP contribution in [0.5, 0.6) is 0 Å². The van der Waals surface area contributed by atoms with Gasteiger partial charge in [0.25, 0.3) is 0 Å². The molecule has 120 valence electrons. The Kier molecular flexibility index (Phi) is 6.93. The Morgan fingerprint density at radius 1 is 1.29 bits per heavy atom. The zero-order chi connectivity index (χ0) is 15.1. The predicted octanol–water partition coefficient (Wildman–Crippen LogP) is 3.02. The summed E-state index contributed by atoms with van der Waals surface area (Å²) >= 11 is 1.78. The molecule has 1 aromatic heterocycles. The van der Waals surface area contributed by atoms with E-state index in [0.717, 1.165) is 31.2 Å². The molecule has 1 aromatic rings. The zero-order valence-corrected chi connectivity index (χ0v) is 14.2. The van der Waals surface area contributed by atoms with Crippen molar-refractivity contribution >= 4 is 16.5 Å². The molecule has 0 bridgehead atoms. The van der Waals surface area contributed by atoms with Crippen LogP contribution in [-0.4, -0.2) is 35.8 Å². The lowest BCUT2D eigenvalue weighted by molar-refractivity contribution is 0.181. The van der Waals surface area contributed by atoms with Gasteiger partial charge in [0.2, 0.25) is 0 Å². The second-order valence-electron chi connectivity index (χ2n) is 5.85. The first-order valence-electron chi connectivity index (χ1n) is 8.32. The van der Waals surface area contributed by atoms with Crippen molar-refractivity contribution in [1.82, 2.24) is 10.3 Å². The Morgan fingerprint density at radius 2 is 2.05 bits per heavy atom. The zero-order valence-electron chi connectivity index (χ0n) is 13.3. The lowest BCUT2D eigenvalue weighted by atomic mass is 9.96. The molecular weight excluding hydrogens is 282 g/mol. The van der Waals surface area contributed by atoms with E-state index in [1.54, 1.807) is 11.3 Å². The maximum atomic E-state index is 9.57. The number of hydrogen-bond donors (Lipinski definition) is 2. The second-order valence-corrected chi connectivity index (χ2v) is 6.94. The lowest BCUT2D eigenvalue weighted by Crippen LogP contribution is -2.36. The van der Waals surface area contributed by atoms with E-state index in [0.29, 0.717) is 18.6 Å². The third-order valence-electron chi connectivity index (χ3n) is 4.51. The number of thiazole rings is 1. The Bertz CT molecular complexity index is 406. The first-order valence-corrected chi connectivity index (χ1v) is 9.14. The van der Waals surface area contributed by atoms with E-state index in [4.69, 9.17) is 0 Å². The average molecular weight is 311 g/mol. The van der Waals surface area contributed by atoms with E-state index in [9.17, 15) is 5.11 Å².